The van der Waals surface area contributed by atoms with E-state index in [0.717, 1.165) is 4.88 Å². The average Bonchev–Trinajstić information content (AvgIpc) is 2.36. The molecule has 0 aliphatic rings. The number of hydrogen-bond donors (Lipinski definition) is 2. The van der Waals surface area contributed by atoms with E-state index in [-0.39, 0.29) is 6.10 Å². The van der Waals surface area contributed by atoms with Crippen LogP contribution in [-0.2, 0) is 0 Å². The van der Waals surface area contributed by atoms with Crippen LogP contribution in [-0.4, -0.2) is 11.7 Å². The van der Waals surface area contributed by atoms with Gasteiger partial charge in [0.1, 0.15) is 0 Å². The molecule has 1 heterocycles. The lowest BCUT2D eigenvalue weighted by molar-refractivity contribution is 0.174. The van der Waals surface area contributed by atoms with Crippen molar-refractivity contribution in [3.63, 3.8) is 0 Å². The van der Waals surface area contributed by atoms with Crippen molar-refractivity contribution in [2.45, 2.75) is 19.4 Å². The highest BCUT2D eigenvalue weighted by Crippen LogP contribution is 2.23. The van der Waals surface area contributed by atoms with Gasteiger partial charge >= 0.3 is 0 Å². The molecule has 0 fully saturated rings. The van der Waals surface area contributed by atoms with Gasteiger partial charge in [0.05, 0.1) is 6.10 Å². The molecule has 0 spiro atoms. The first-order valence-corrected chi connectivity index (χ1v) is 4.55. The summed E-state index contributed by atoms with van der Waals surface area (Å²) in [5.74, 6) is 0. The van der Waals surface area contributed by atoms with Crippen molar-refractivity contribution in [2.75, 3.05) is 6.54 Å². The fourth-order valence-electron chi connectivity index (χ4n) is 0.928. The Bertz CT molecular complexity index is 222. The van der Waals surface area contributed by atoms with Crippen molar-refractivity contribution in [1.29, 1.82) is 0 Å². The number of aliphatic hydroxyl groups is 1. The second-order valence-electron chi connectivity index (χ2n) is 2.62. The Kier molecular flexibility index (Phi) is 3.05. The van der Waals surface area contributed by atoms with E-state index in [1.165, 1.54) is 5.56 Å². The summed E-state index contributed by atoms with van der Waals surface area (Å²) in [6.07, 6.45) is 0.290. The largest absolute Gasteiger partial charge is 0.388 e. The Hall–Kier alpha value is -0.380. The van der Waals surface area contributed by atoms with Gasteiger partial charge in [-0.25, -0.2) is 0 Å². The summed E-state index contributed by atoms with van der Waals surface area (Å²) in [5.41, 5.74) is 6.53. The molecular formula is C8H13NOS. The maximum Gasteiger partial charge on any atom is 0.0894 e. The lowest BCUT2D eigenvalue weighted by Gasteiger charge is -2.04. The van der Waals surface area contributed by atoms with E-state index in [1.54, 1.807) is 11.3 Å². The Morgan fingerprint density at radius 1 is 1.73 bits per heavy atom. The summed E-state index contributed by atoms with van der Waals surface area (Å²) in [4.78, 5) is 1.02. The van der Waals surface area contributed by atoms with Gasteiger partial charge in [-0.2, -0.15) is 0 Å². The number of aliphatic hydroxyl groups excluding tert-OH is 1. The SMILES string of the molecule is Cc1csc(C(O)CCN)c1. The molecule has 0 amide bonds. The fourth-order valence-corrected chi connectivity index (χ4v) is 1.85. The Morgan fingerprint density at radius 2 is 2.45 bits per heavy atom. The predicted molar refractivity (Wildman–Crippen MR) is 47.7 cm³/mol. The predicted octanol–water partition coefficient (Wildman–Crippen LogP) is 1.44. The van der Waals surface area contributed by atoms with Crippen molar-refractivity contribution < 1.29 is 5.11 Å². The van der Waals surface area contributed by atoms with Crippen LogP contribution in [0, 0.1) is 6.92 Å². The maximum atomic E-state index is 9.46. The van der Waals surface area contributed by atoms with Crippen LogP contribution in [0.4, 0.5) is 0 Å². The Balaban J connectivity index is 2.60. The van der Waals surface area contributed by atoms with Gasteiger partial charge in [-0.1, -0.05) is 0 Å². The van der Waals surface area contributed by atoms with Crippen molar-refractivity contribution in [3.05, 3.63) is 21.9 Å². The van der Waals surface area contributed by atoms with Crippen molar-refractivity contribution in [2.24, 2.45) is 5.73 Å². The summed E-state index contributed by atoms with van der Waals surface area (Å²) < 4.78 is 0. The summed E-state index contributed by atoms with van der Waals surface area (Å²) in [5, 5.41) is 11.5. The zero-order valence-corrected chi connectivity index (χ0v) is 7.40. The number of rotatable bonds is 3. The van der Waals surface area contributed by atoms with Crippen LogP contribution in [0.3, 0.4) is 0 Å². The molecular weight excluding hydrogens is 158 g/mol. The Morgan fingerprint density at radius 3 is 2.91 bits per heavy atom. The molecule has 0 radical (unpaired) electrons. The number of thiophene rings is 1. The molecule has 0 aliphatic heterocycles. The maximum absolute atomic E-state index is 9.46. The van der Waals surface area contributed by atoms with Crippen LogP contribution < -0.4 is 5.73 Å². The summed E-state index contributed by atoms with van der Waals surface area (Å²) in [6.45, 7) is 2.56. The second kappa shape index (κ2) is 3.85. The second-order valence-corrected chi connectivity index (χ2v) is 3.56. The van der Waals surface area contributed by atoms with Crippen LogP contribution in [0.1, 0.15) is 23.0 Å². The van der Waals surface area contributed by atoms with E-state index in [0.29, 0.717) is 13.0 Å². The van der Waals surface area contributed by atoms with Crippen LogP contribution in [0.15, 0.2) is 11.4 Å². The molecule has 1 aromatic heterocycles. The normalized spacial score (nSPS) is 13.4. The molecule has 0 aliphatic carbocycles. The molecule has 0 saturated heterocycles. The molecule has 1 aromatic rings. The highest BCUT2D eigenvalue weighted by molar-refractivity contribution is 7.10. The lowest BCUT2D eigenvalue weighted by atomic mass is 10.2. The first-order chi connectivity index (χ1) is 5.24. The third-order valence-electron chi connectivity index (χ3n) is 1.52. The molecule has 1 rings (SSSR count). The van der Waals surface area contributed by atoms with Crippen molar-refractivity contribution in [3.8, 4) is 0 Å². The number of aryl methyl sites for hydroxylation is 1. The van der Waals surface area contributed by atoms with Crippen LogP contribution in [0.5, 0.6) is 0 Å². The molecule has 1 unspecified atom stereocenters. The summed E-state index contributed by atoms with van der Waals surface area (Å²) >= 11 is 1.59. The molecule has 3 N–H and O–H groups in total. The van der Waals surface area contributed by atoms with E-state index in [9.17, 15) is 5.11 Å². The van der Waals surface area contributed by atoms with Crippen molar-refractivity contribution >= 4 is 11.3 Å². The standard InChI is InChI=1S/C8H13NOS/c1-6-4-8(11-5-6)7(10)2-3-9/h4-5,7,10H,2-3,9H2,1H3. The lowest BCUT2D eigenvalue weighted by Crippen LogP contribution is -2.05. The van der Waals surface area contributed by atoms with E-state index >= 15 is 0 Å². The van der Waals surface area contributed by atoms with Crippen molar-refractivity contribution in [1.82, 2.24) is 0 Å². The summed E-state index contributed by atoms with van der Waals surface area (Å²) in [7, 11) is 0. The third-order valence-corrected chi connectivity index (χ3v) is 2.67. The van der Waals surface area contributed by atoms with Gasteiger partial charge in [0.2, 0.25) is 0 Å². The smallest absolute Gasteiger partial charge is 0.0894 e. The molecule has 2 nitrogen and oxygen atoms in total. The fraction of sp³-hybridized carbons (Fsp3) is 0.500. The number of hydrogen-bond acceptors (Lipinski definition) is 3. The highest BCUT2D eigenvalue weighted by atomic mass is 32.1. The Labute approximate surface area is 70.7 Å². The summed E-state index contributed by atoms with van der Waals surface area (Å²) in [6, 6.07) is 2.00. The van der Waals surface area contributed by atoms with Crippen LogP contribution in [0.25, 0.3) is 0 Å². The van der Waals surface area contributed by atoms with Gasteiger partial charge < -0.3 is 10.8 Å². The number of nitrogens with two attached hydrogens (primary N) is 1. The minimum Gasteiger partial charge on any atom is -0.388 e. The van der Waals surface area contributed by atoms with E-state index in [2.05, 4.69) is 0 Å². The molecule has 3 heteroatoms. The van der Waals surface area contributed by atoms with Crippen LogP contribution >= 0.6 is 11.3 Å². The van der Waals surface area contributed by atoms with Gasteiger partial charge in [-0.3, -0.25) is 0 Å². The first kappa shape index (κ1) is 8.71. The third kappa shape index (κ3) is 2.29. The van der Waals surface area contributed by atoms with Gasteiger partial charge in [0.15, 0.2) is 0 Å². The highest BCUT2D eigenvalue weighted by Gasteiger charge is 2.07. The zero-order valence-electron chi connectivity index (χ0n) is 6.58. The van der Waals surface area contributed by atoms with E-state index in [4.69, 9.17) is 5.73 Å². The first-order valence-electron chi connectivity index (χ1n) is 3.67. The van der Waals surface area contributed by atoms with E-state index < -0.39 is 0 Å². The molecule has 62 valence electrons. The minimum absolute atomic E-state index is 0.362. The topological polar surface area (TPSA) is 46.2 Å². The molecule has 1 atom stereocenters. The van der Waals surface area contributed by atoms with Gasteiger partial charge in [0.25, 0.3) is 0 Å². The van der Waals surface area contributed by atoms with E-state index in [1.807, 2.05) is 18.4 Å². The monoisotopic (exact) mass is 171 g/mol. The molecule has 11 heavy (non-hydrogen) atoms. The van der Waals surface area contributed by atoms with Gasteiger partial charge in [0, 0.05) is 4.88 Å². The quantitative estimate of drug-likeness (QED) is 0.723. The molecule has 0 saturated carbocycles. The average molecular weight is 171 g/mol. The molecule has 0 aromatic carbocycles. The minimum atomic E-state index is -0.362. The van der Waals surface area contributed by atoms with Gasteiger partial charge in [-0.05, 0) is 36.9 Å². The van der Waals surface area contributed by atoms with Crippen LogP contribution in [0.2, 0.25) is 0 Å². The molecule has 0 bridgehead atoms. The van der Waals surface area contributed by atoms with Gasteiger partial charge in [-0.15, -0.1) is 11.3 Å². The zero-order chi connectivity index (χ0) is 8.27.